The van der Waals surface area contributed by atoms with Gasteiger partial charge in [-0.25, -0.2) is 13.2 Å². The number of carbonyl (C=O) groups is 1. The molecule has 1 unspecified atom stereocenters. The molecule has 0 spiro atoms. The summed E-state index contributed by atoms with van der Waals surface area (Å²) in [4.78, 5) is 10.4. The van der Waals surface area contributed by atoms with Crippen molar-refractivity contribution in [2.24, 2.45) is 0 Å². The maximum atomic E-state index is 12.8. The summed E-state index contributed by atoms with van der Waals surface area (Å²) >= 11 is 9.01. The molecule has 0 fully saturated rings. The van der Waals surface area contributed by atoms with Crippen LogP contribution in [0, 0.1) is 0 Å². The van der Waals surface area contributed by atoms with Crippen LogP contribution in [0.15, 0.2) is 50.7 Å². The lowest BCUT2D eigenvalue weighted by molar-refractivity contribution is -0.147. The molecule has 3 rings (SSSR count). The van der Waals surface area contributed by atoms with Crippen LogP contribution >= 0.6 is 27.5 Å². The molecule has 0 saturated carbocycles. The second-order valence-corrected chi connectivity index (χ2v) is 7.81. The number of halogens is 2. The fourth-order valence-electron chi connectivity index (χ4n) is 2.03. The van der Waals surface area contributed by atoms with Gasteiger partial charge in [0.15, 0.2) is 11.5 Å². The topological polar surface area (TPSA) is 99.1 Å². The molecule has 0 radical (unpaired) electrons. The Morgan fingerprint density at radius 1 is 1.21 bits per heavy atom. The van der Waals surface area contributed by atoms with E-state index in [0.717, 1.165) is 0 Å². The van der Waals surface area contributed by atoms with E-state index in [0.29, 0.717) is 0 Å². The van der Waals surface area contributed by atoms with Crippen LogP contribution in [0.1, 0.15) is 0 Å². The van der Waals surface area contributed by atoms with Gasteiger partial charge in [0.1, 0.15) is 0 Å². The zero-order valence-corrected chi connectivity index (χ0v) is 14.8. The zero-order valence-electron chi connectivity index (χ0n) is 11.6. The molecule has 1 N–H and O–H groups in total. The minimum absolute atomic E-state index is 0.00732. The molecule has 24 heavy (non-hydrogen) atoms. The number of fused-ring (bicyclic) bond motifs is 1. The van der Waals surface area contributed by atoms with Crippen molar-refractivity contribution in [2.75, 3.05) is 0 Å². The molecule has 0 amide bonds. The van der Waals surface area contributed by atoms with Crippen molar-refractivity contribution >= 4 is 43.5 Å². The Balaban J connectivity index is 2.01. The monoisotopic (exact) mass is 434 g/mol. The number of benzene rings is 2. The highest BCUT2D eigenvalue weighted by atomic mass is 79.9. The Kier molecular flexibility index (Phi) is 4.33. The third kappa shape index (κ3) is 3.14. The minimum atomic E-state index is -3.88. The molecular weight excluding hydrogens is 428 g/mol. The lowest BCUT2D eigenvalue weighted by Crippen LogP contribution is -2.24. The minimum Gasteiger partial charge on any atom is -0.450 e. The first-order valence-electron chi connectivity index (χ1n) is 6.34. The van der Waals surface area contributed by atoms with Crippen LogP contribution in [0.5, 0.6) is 11.5 Å². The van der Waals surface area contributed by atoms with E-state index in [2.05, 4.69) is 20.7 Å². The normalized spacial score (nSPS) is 16.0. The lowest BCUT2D eigenvalue weighted by Gasteiger charge is -2.08. The first-order valence-corrected chi connectivity index (χ1v) is 9.00. The largest absolute Gasteiger partial charge is 0.511 e. The van der Waals surface area contributed by atoms with Gasteiger partial charge in [0.2, 0.25) is 9.84 Å². The van der Waals surface area contributed by atoms with Gasteiger partial charge in [-0.3, -0.25) is 0 Å². The molecular formula is C14H8BrClO7S. The fraction of sp³-hybridized carbons (Fsp3) is 0.0714. The molecule has 1 heterocycles. The molecule has 1 atom stereocenters. The summed E-state index contributed by atoms with van der Waals surface area (Å²) in [6.45, 7) is -1.49. The van der Waals surface area contributed by atoms with E-state index in [1.165, 1.54) is 30.3 Å². The molecule has 10 heteroatoms. The molecule has 7 nitrogen and oxygen atoms in total. The van der Waals surface area contributed by atoms with E-state index in [-0.39, 0.29) is 30.8 Å². The van der Waals surface area contributed by atoms with Gasteiger partial charge in [0.25, 0.3) is 0 Å². The number of sulfone groups is 1. The Bertz CT molecular complexity index is 929. The SMILES string of the molecule is O=C(O)OC1Oc2cc(Br)c(S(=O)(=O)c3cccc(Cl)c3)cc2O1. The van der Waals surface area contributed by atoms with Crippen LogP contribution in [0.2, 0.25) is 5.02 Å². The number of ether oxygens (including phenoxy) is 3. The molecule has 0 aliphatic carbocycles. The second kappa shape index (κ2) is 6.15. The molecule has 1 aliphatic rings. The summed E-state index contributed by atoms with van der Waals surface area (Å²) in [5, 5.41) is 8.85. The maximum absolute atomic E-state index is 12.8. The van der Waals surface area contributed by atoms with Gasteiger partial charge >= 0.3 is 12.6 Å². The lowest BCUT2D eigenvalue weighted by atomic mass is 10.3. The molecule has 1 aliphatic heterocycles. The molecule has 2 aromatic carbocycles. The maximum Gasteiger partial charge on any atom is 0.511 e. The average Bonchev–Trinajstić information content (AvgIpc) is 2.86. The number of carboxylic acid groups (broad SMARTS) is 1. The van der Waals surface area contributed by atoms with Crippen LogP contribution < -0.4 is 9.47 Å². The van der Waals surface area contributed by atoms with E-state index in [1.54, 1.807) is 6.07 Å². The van der Waals surface area contributed by atoms with Gasteiger partial charge in [0, 0.05) is 15.6 Å². The summed E-state index contributed by atoms with van der Waals surface area (Å²) < 4.78 is 40.3. The Hall–Kier alpha value is -1.97. The predicted molar refractivity (Wildman–Crippen MR) is 85.2 cm³/mol. The standard InChI is InChI=1S/C14H8BrClO7S/c15-9-5-10-11(22-14(21-10)23-13(17)18)6-12(9)24(19,20)8-3-1-2-7(16)4-8/h1-6,14H,(H,17,18). The Morgan fingerprint density at radius 3 is 2.50 bits per heavy atom. The first kappa shape index (κ1) is 16.9. The Morgan fingerprint density at radius 2 is 1.88 bits per heavy atom. The molecule has 0 bridgehead atoms. The van der Waals surface area contributed by atoms with Crippen LogP contribution in [0.4, 0.5) is 4.79 Å². The van der Waals surface area contributed by atoms with E-state index in [9.17, 15) is 13.2 Å². The molecule has 2 aromatic rings. The summed E-state index contributed by atoms with van der Waals surface area (Å²) in [6.07, 6.45) is -1.58. The predicted octanol–water partition coefficient (Wildman–Crippen LogP) is 3.68. The van der Waals surface area contributed by atoms with Crippen molar-refractivity contribution in [3.8, 4) is 11.5 Å². The Labute approximate surface area is 149 Å². The number of hydrogen-bond donors (Lipinski definition) is 1. The van der Waals surface area contributed by atoms with Gasteiger partial charge in [0.05, 0.1) is 9.79 Å². The number of hydrogen-bond acceptors (Lipinski definition) is 6. The van der Waals surface area contributed by atoms with Crippen molar-refractivity contribution < 1.29 is 32.5 Å². The molecule has 0 aromatic heterocycles. The quantitative estimate of drug-likeness (QED) is 0.734. The summed E-state index contributed by atoms with van der Waals surface area (Å²) in [6, 6.07) is 8.40. The van der Waals surface area contributed by atoms with Gasteiger partial charge in [-0.05, 0) is 40.2 Å². The van der Waals surface area contributed by atoms with Crippen LogP contribution in [-0.4, -0.2) is 26.2 Å². The van der Waals surface area contributed by atoms with Gasteiger partial charge < -0.3 is 19.3 Å². The van der Waals surface area contributed by atoms with E-state index >= 15 is 0 Å². The van der Waals surface area contributed by atoms with Crippen LogP contribution in [-0.2, 0) is 14.6 Å². The second-order valence-electron chi connectivity index (χ2n) is 4.60. The van der Waals surface area contributed by atoms with Crippen molar-refractivity contribution in [2.45, 2.75) is 16.3 Å². The van der Waals surface area contributed by atoms with E-state index in [4.69, 9.17) is 26.2 Å². The first-order chi connectivity index (χ1) is 11.3. The van der Waals surface area contributed by atoms with Crippen LogP contribution in [0.3, 0.4) is 0 Å². The molecule has 0 saturated heterocycles. The summed E-state index contributed by atoms with van der Waals surface area (Å²) in [7, 11) is -3.88. The third-order valence-electron chi connectivity index (χ3n) is 3.04. The fourth-order valence-corrected chi connectivity index (χ4v) is 4.62. The highest BCUT2D eigenvalue weighted by Crippen LogP contribution is 2.42. The van der Waals surface area contributed by atoms with E-state index < -0.39 is 22.5 Å². The highest BCUT2D eigenvalue weighted by molar-refractivity contribution is 9.10. The smallest absolute Gasteiger partial charge is 0.450 e. The van der Waals surface area contributed by atoms with Crippen LogP contribution in [0.25, 0.3) is 0 Å². The van der Waals surface area contributed by atoms with Gasteiger partial charge in [-0.2, -0.15) is 0 Å². The third-order valence-corrected chi connectivity index (χ3v) is 5.98. The van der Waals surface area contributed by atoms with Crippen molar-refractivity contribution in [3.05, 3.63) is 45.9 Å². The summed E-state index contributed by atoms with van der Waals surface area (Å²) in [5.74, 6) is 0.197. The zero-order chi connectivity index (χ0) is 17.5. The average molecular weight is 436 g/mol. The summed E-state index contributed by atoms with van der Waals surface area (Å²) in [5.41, 5.74) is 0. The van der Waals surface area contributed by atoms with Gasteiger partial charge in [-0.1, -0.05) is 17.7 Å². The van der Waals surface area contributed by atoms with Crippen molar-refractivity contribution in [1.82, 2.24) is 0 Å². The van der Waals surface area contributed by atoms with E-state index in [1.807, 2.05) is 0 Å². The molecule has 126 valence electrons. The van der Waals surface area contributed by atoms with Crippen molar-refractivity contribution in [1.29, 1.82) is 0 Å². The van der Waals surface area contributed by atoms with Crippen molar-refractivity contribution in [3.63, 3.8) is 0 Å². The highest BCUT2D eigenvalue weighted by Gasteiger charge is 2.31. The van der Waals surface area contributed by atoms with Gasteiger partial charge in [-0.15, -0.1) is 0 Å². The number of rotatable bonds is 3.